The summed E-state index contributed by atoms with van der Waals surface area (Å²) in [6.07, 6.45) is 4.15. The van der Waals surface area contributed by atoms with Crippen LogP contribution in [0.1, 0.15) is 56.1 Å². The fourth-order valence-electron chi connectivity index (χ4n) is 4.74. The van der Waals surface area contributed by atoms with Gasteiger partial charge in [0.05, 0.1) is 5.56 Å². The normalized spacial score (nSPS) is 15.0. The zero-order valence-corrected chi connectivity index (χ0v) is 18.9. The van der Waals surface area contributed by atoms with E-state index in [0.717, 1.165) is 46.8 Å². The average Bonchev–Trinajstić information content (AvgIpc) is 3.42. The third kappa shape index (κ3) is 4.04. The van der Waals surface area contributed by atoms with E-state index in [9.17, 15) is 9.59 Å². The van der Waals surface area contributed by atoms with Gasteiger partial charge in [0.1, 0.15) is 11.5 Å². The number of carbonyl (C=O) groups excluding carboxylic acids is 2. The van der Waals surface area contributed by atoms with Crippen LogP contribution in [0.5, 0.6) is 0 Å². The van der Waals surface area contributed by atoms with Gasteiger partial charge in [0.15, 0.2) is 0 Å². The lowest BCUT2D eigenvalue weighted by molar-refractivity contribution is 0.0950. The number of amides is 2. The molecule has 1 saturated heterocycles. The standard InChI is InChI=1S/C25H28N6O2/c1-15-9-23(26)28-16(2)20(15)12-27-24(32)18-10-22-25(33)29-21-11-19(30-7-3-4-8-30)6-5-17(21)13-31(22)14-18/h5-6,9-11,14H,3-4,7-8,12-13H2,1-2H3,(H2,26,28)(H,27,32)(H,29,33). The first-order chi connectivity index (χ1) is 15.9. The Morgan fingerprint density at radius 1 is 1.18 bits per heavy atom. The molecule has 0 aliphatic carbocycles. The number of carbonyl (C=O) groups is 2. The molecule has 2 aliphatic heterocycles. The van der Waals surface area contributed by atoms with Crippen molar-refractivity contribution in [1.82, 2.24) is 14.9 Å². The first kappa shape index (κ1) is 21.1. The number of pyridine rings is 1. The minimum atomic E-state index is -0.233. The summed E-state index contributed by atoms with van der Waals surface area (Å²) < 4.78 is 1.84. The molecule has 0 spiro atoms. The predicted octanol–water partition coefficient (Wildman–Crippen LogP) is 3.23. The molecule has 0 saturated carbocycles. The second-order valence-corrected chi connectivity index (χ2v) is 8.84. The summed E-state index contributed by atoms with van der Waals surface area (Å²) >= 11 is 0. The van der Waals surface area contributed by atoms with Crippen LogP contribution >= 0.6 is 0 Å². The monoisotopic (exact) mass is 444 g/mol. The Kier molecular flexibility index (Phi) is 5.28. The maximum atomic E-state index is 12.9. The number of aromatic nitrogens is 2. The lowest BCUT2D eigenvalue weighted by Crippen LogP contribution is -2.23. The van der Waals surface area contributed by atoms with Crippen molar-refractivity contribution in [2.45, 2.75) is 39.8 Å². The van der Waals surface area contributed by atoms with Crippen LogP contribution in [0.15, 0.2) is 36.5 Å². The van der Waals surface area contributed by atoms with E-state index in [2.05, 4.69) is 38.7 Å². The molecule has 8 heteroatoms. The average molecular weight is 445 g/mol. The van der Waals surface area contributed by atoms with Gasteiger partial charge in [-0.3, -0.25) is 9.59 Å². The second-order valence-electron chi connectivity index (χ2n) is 8.84. The zero-order valence-electron chi connectivity index (χ0n) is 18.9. The molecule has 2 aromatic heterocycles. The van der Waals surface area contributed by atoms with Crippen molar-refractivity contribution in [3.63, 3.8) is 0 Å². The van der Waals surface area contributed by atoms with Crippen LogP contribution in [-0.4, -0.2) is 34.5 Å². The van der Waals surface area contributed by atoms with Crippen LogP contribution in [0, 0.1) is 13.8 Å². The maximum Gasteiger partial charge on any atom is 0.272 e. The van der Waals surface area contributed by atoms with E-state index in [1.165, 1.54) is 12.8 Å². The summed E-state index contributed by atoms with van der Waals surface area (Å²) in [5.74, 6) is 0.0273. The molecule has 170 valence electrons. The van der Waals surface area contributed by atoms with Crippen molar-refractivity contribution in [2.24, 2.45) is 0 Å². The van der Waals surface area contributed by atoms with E-state index in [4.69, 9.17) is 5.73 Å². The molecule has 4 N–H and O–H groups in total. The van der Waals surface area contributed by atoms with Gasteiger partial charge in [-0.05, 0) is 67.6 Å². The van der Waals surface area contributed by atoms with Crippen molar-refractivity contribution in [3.8, 4) is 0 Å². The predicted molar refractivity (Wildman–Crippen MR) is 129 cm³/mol. The van der Waals surface area contributed by atoms with Gasteiger partial charge in [-0.25, -0.2) is 4.98 Å². The van der Waals surface area contributed by atoms with Crippen molar-refractivity contribution in [1.29, 1.82) is 0 Å². The molecule has 5 rings (SSSR count). The Morgan fingerprint density at radius 3 is 2.73 bits per heavy atom. The Hall–Kier alpha value is -3.81. The smallest absolute Gasteiger partial charge is 0.272 e. The lowest BCUT2D eigenvalue weighted by atomic mass is 10.1. The highest BCUT2D eigenvalue weighted by atomic mass is 16.2. The highest BCUT2D eigenvalue weighted by Crippen LogP contribution is 2.30. The molecule has 8 nitrogen and oxygen atoms in total. The number of hydrogen-bond donors (Lipinski definition) is 3. The minimum Gasteiger partial charge on any atom is -0.384 e. The first-order valence-electron chi connectivity index (χ1n) is 11.3. The van der Waals surface area contributed by atoms with Gasteiger partial charge in [-0.2, -0.15) is 0 Å². The fourth-order valence-corrected chi connectivity index (χ4v) is 4.74. The molecule has 0 unspecified atom stereocenters. The summed E-state index contributed by atoms with van der Waals surface area (Å²) in [5, 5.41) is 5.98. The SMILES string of the molecule is Cc1cc(N)nc(C)c1CNC(=O)c1cc2n(c1)Cc1ccc(N3CCCC3)cc1NC2=O. The second kappa shape index (κ2) is 8.27. The molecule has 1 fully saturated rings. The van der Waals surface area contributed by atoms with Gasteiger partial charge < -0.3 is 25.8 Å². The maximum absolute atomic E-state index is 12.9. The van der Waals surface area contributed by atoms with Crippen molar-refractivity contribution < 1.29 is 9.59 Å². The van der Waals surface area contributed by atoms with Crippen LogP contribution in [0.25, 0.3) is 0 Å². The number of rotatable bonds is 4. The van der Waals surface area contributed by atoms with Crippen LogP contribution in [0.4, 0.5) is 17.2 Å². The molecule has 0 atom stereocenters. The Bertz CT molecular complexity index is 1230. The zero-order chi connectivity index (χ0) is 23.1. The van der Waals surface area contributed by atoms with Gasteiger partial charge in [0.2, 0.25) is 0 Å². The number of nitrogen functional groups attached to an aromatic ring is 1. The van der Waals surface area contributed by atoms with Gasteiger partial charge in [0.25, 0.3) is 11.8 Å². The number of hydrogen-bond acceptors (Lipinski definition) is 5. The summed E-state index contributed by atoms with van der Waals surface area (Å²) in [7, 11) is 0. The molecule has 0 bridgehead atoms. The number of anilines is 3. The molecular weight excluding hydrogens is 416 g/mol. The van der Waals surface area contributed by atoms with Crippen LogP contribution in [-0.2, 0) is 13.1 Å². The summed E-state index contributed by atoms with van der Waals surface area (Å²) in [6, 6.07) is 9.69. The molecular formula is C25H28N6O2. The van der Waals surface area contributed by atoms with Gasteiger partial charge in [-0.1, -0.05) is 6.07 Å². The van der Waals surface area contributed by atoms with Gasteiger partial charge in [0, 0.05) is 49.4 Å². The molecule has 4 heterocycles. The first-order valence-corrected chi connectivity index (χ1v) is 11.3. The van der Waals surface area contributed by atoms with Crippen molar-refractivity contribution in [3.05, 3.63) is 70.2 Å². The number of nitrogens with two attached hydrogens (primary N) is 1. The number of fused-ring (bicyclic) bond motifs is 2. The van der Waals surface area contributed by atoms with E-state index in [1.54, 1.807) is 18.3 Å². The number of benzene rings is 1. The summed E-state index contributed by atoms with van der Waals surface area (Å²) in [5.41, 5.74) is 12.4. The van der Waals surface area contributed by atoms with Crippen LogP contribution < -0.4 is 21.3 Å². The third-order valence-corrected chi connectivity index (χ3v) is 6.54. The van der Waals surface area contributed by atoms with E-state index >= 15 is 0 Å². The van der Waals surface area contributed by atoms with Gasteiger partial charge in [-0.15, -0.1) is 0 Å². The molecule has 2 amide bonds. The summed E-state index contributed by atoms with van der Waals surface area (Å²) in [4.78, 5) is 32.4. The molecule has 33 heavy (non-hydrogen) atoms. The summed E-state index contributed by atoms with van der Waals surface area (Å²) in [6.45, 7) is 6.80. The van der Waals surface area contributed by atoms with Crippen LogP contribution in [0.3, 0.4) is 0 Å². The van der Waals surface area contributed by atoms with E-state index < -0.39 is 0 Å². The number of aryl methyl sites for hydroxylation is 2. The number of nitrogens with zero attached hydrogens (tertiary/aromatic N) is 3. The molecule has 3 aromatic rings. The Balaban J connectivity index is 1.34. The minimum absolute atomic E-state index is 0.208. The molecule has 0 radical (unpaired) electrons. The van der Waals surface area contributed by atoms with Gasteiger partial charge >= 0.3 is 0 Å². The van der Waals surface area contributed by atoms with E-state index in [0.29, 0.717) is 30.2 Å². The fraction of sp³-hybridized carbons (Fsp3) is 0.320. The molecule has 1 aromatic carbocycles. The Labute approximate surface area is 192 Å². The van der Waals surface area contributed by atoms with E-state index in [-0.39, 0.29) is 11.8 Å². The van der Waals surface area contributed by atoms with Crippen molar-refractivity contribution >= 4 is 29.0 Å². The lowest BCUT2D eigenvalue weighted by Gasteiger charge is -2.19. The third-order valence-electron chi connectivity index (χ3n) is 6.54. The Morgan fingerprint density at radius 2 is 1.97 bits per heavy atom. The molecule has 2 aliphatic rings. The largest absolute Gasteiger partial charge is 0.384 e. The number of nitrogens with one attached hydrogen (secondary N) is 2. The topological polar surface area (TPSA) is 105 Å². The van der Waals surface area contributed by atoms with Crippen LogP contribution in [0.2, 0.25) is 0 Å². The highest BCUT2D eigenvalue weighted by molar-refractivity contribution is 6.06. The quantitative estimate of drug-likeness (QED) is 0.573. The van der Waals surface area contributed by atoms with E-state index in [1.807, 2.05) is 18.4 Å². The van der Waals surface area contributed by atoms with Crippen molar-refractivity contribution in [2.75, 3.05) is 29.0 Å². The highest BCUT2D eigenvalue weighted by Gasteiger charge is 2.23.